The van der Waals surface area contributed by atoms with E-state index in [9.17, 15) is 0 Å². The Morgan fingerprint density at radius 1 is 1.21 bits per heavy atom. The fourth-order valence-electron chi connectivity index (χ4n) is 3.42. The Morgan fingerprint density at radius 3 is 2.62 bits per heavy atom. The predicted octanol–water partition coefficient (Wildman–Crippen LogP) is 3.65. The third-order valence-corrected chi connectivity index (χ3v) is 5.06. The van der Waals surface area contributed by atoms with Crippen LogP contribution >= 0.6 is 24.0 Å². The number of benzene rings is 1. The van der Waals surface area contributed by atoms with Crippen LogP contribution in [0.3, 0.4) is 0 Å². The van der Waals surface area contributed by atoms with Crippen LogP contribution in [-0.2, 0) is 15.9 Å². The zero-order valence-corrected chi connectivity index (χ0v) is 20.7. The zero-order valence-electron chi connectivity index (χ0n) is 18.4. The molecule has 0 aromatic heterocycles. The van der Waals surface area contributed by atoms with Gasteiger partial charge in [-0.1, -0.05) is 12.1 Å². The maximum Gasteiger partial charge on any atom is 0.193 e. The Morgan fingerprint density at radius 2 is 1.97 bits per heavy atom. The smallest absolute Gasteiger partial charge is 0.193 e. The minimum Gasteiger partial charge on any atom is -0.496 e. The molecule has 0 aliphatic carbocycles. The van der Waals surface area contributed by atoms with Gasteiger partial charge in [-0.3, -0.25) is 4.99 Å². The van der Waals surface area contributed by atoms with Crippen molar-refractivity contribution < 1.29 is 14.2 Å². The van der Waals surface area contributed by atoms with Crippen molar-refractivity contribution in [3.05, 3.63) is 29.3 Å². The summed E-state index contributed by atoms with van der Waals surface area (Å²) < 4.78 is 16.5. The molecule has 1 aliphatic rings. The summed E-state index contributed by atoms with van der Waals surface area (Å²) in [5, 5.41) is 3.44. The number of likely N-dealkylation sites (tertiary alicyclic amines) is 1. The lowest BCUT2D eigenvalue weighted by atomic mass is 10.1. The van der Waals surface area contributed by atoms with E-state index < -0.39 is 0 Å². The van der Waals surface area contributed by atoms with E-state index in [1.165, 1.54) is 5.56 Å². The lowest BCUT2D eigenvalue weighted by Crippen LogP contribution is -2.47. The molecule has 1 saturated heterocycles. The Labute approximate surface area is 193 Å². The van der Waals surface area contributed by atoms with Gasteiger partial charge in [-0.2, -0.15) is 0 Å². The first-order valence-electron chi connectivity index (χ1n) is 10.4. The molecule has 1 aromatic rings. The molecular formula is C22H38IN3O3. The molecule has 0 bridgehead atoms. The van der Waals surface area contributed by atoms with Gasteiger partial charge in [0.1, 0.15) is 5.75 Å². The number of nitrogens with one attached hydrogen (secondary N) is 1. The summed E-state index contributed by atoms with van der Waals surface area (Å²) >= 11 is 0. The number of ether oxygens (including phenoxy) is 3. The van der Waals surface area contributed by atoms with Crippen LogP contribution in [0.25, 0.3) is 0 Å². The molecule has 2 rings (SSSR count). The first-order valence-corrected chi connectivity index (χ1v) is 10.4. The van der Waals surface area contributed by atoms with Gasteiger partial charge in [0, 0.05) is 46.5 Å². The first kappa shape index (κ1) is 26.0. The summed E-state index contributed by atoms with van der Waals surface area (Å²) in [5.41, 5.74) is 2.42. The van der Waals surface area contributed by atoms with Crippen LogP contribution in [0, 0.1) is 6.92 Å². The van der Waals surface area contributed by atoms with Gasteiger partial charge in [0.25, 0.3) is 0 Å². The molecule has 29 heavy (non-hydrogen) atoms. The van der Waals surface area contributed by atoms with Crippen molar-refractivity contribution in [3.63, 3.8) is 0 Å². The number of aryl methyl sites for hydroxylation is 1. The second-order valence-corrected chi connectivity index (χ2v) is 7.19. The number of guanidine groups is 1. The molecular weight excluding hydrogens is 481 g/mol. The van der Waals surface area contributed by atoms with E-state index in [0.29, 0.717) is 6.10 Å². The van der Waals surface area contributed by atoms with E-state index in [1.807, 2.05) is 0 Å². The number of piperidine rings is 1. The summed E-state index contributed by atoms with van der Waals surface area (Å²) in [6.45, 7) is 9.35. The van der Waals surface area contributed by atoms with Gasteiger partial charge in [0.05, 0.1) is 13.2 Å². The highest BCUT2D eigenvalue weighted by molar-refractivity contribution is 14.0. The topological polar surface area (TPSA) is 55.3 Å². The molecule has 166 valence electrons. The van der Waals surface area contributed by atoms with Crippen molar-refractivity contribution in [1.29, 1.82) is 0 Å². The SMILES string of the molecule is CCNC(=NCCc1ccc(C)c(OC)c1)N1CCC(OCCCOC)CC1.I. The molecule has 1 N–H and O–H groups in total. The second-order valence-electron chi connectivity index (χ2n) is 7.19. The van der Waals surface area contributed by atoms with E-state index in [2.05, 4.69) is 42.3 Å². The minimum absolute atomic E-state index is 0. The van der Waals surface area contributed by atoms with Gasteiger partial charge < -0.3 is 24.4 Å². The third-order valence-electron chi connectivity index (χ3n) is 5.06. The number of rotatable bonds is 10. The molecule has 1 heterocycles. The Balaban J connectivity index is 0.00000420. The number of halogens is 1. The van der Waals surface area contributed by atoms with Crippen molar-refractivity contribution in [3.8, 4) is 5.75 Å². The molecule has 1 aromatic carbocycles. The van der Waals surface area contributed by atoms with Crippen molar-refractivity contribution >= 4 is 29.9 Å². The van der Waals surface area contributed by atoms with Gasteiger partial charge in [0.15, 0.2) is 5.96 Å². The number of aliphatic imine (C=N–C) groups is 1. The van der Waals surface area contributed by atoms with E-state index in [4.69, 9.17) is 19.2 Å². The molecule has 1 fully saturated rings. The molecule has 0 amide bonds. The van der Waals surface area contributed by atoms with E-state index in [-0.39, 0.29) is 24.0 Å². The highest BCUT2D eigenvalue weighted by Crippen LogP contribution is 2.19. The summed E-state index contributed by atoms with van der Waals surface area (Å²) in [4.78, 5) is 7.21. The molecule has 0 unspecified atom stereocenters. The molecule has 0 radical (unpaired) electrons. The normalized spacial score (nSPS) is 15.2. The average molecular weight is 519 g/mol. The summed E-state index contributed by atoms with van der Waals surface area (Å²) in [6, 6.07) is 6.39. The molecule has 6 nitrogen and oxygen atoms in total. The molecule has 0 atom stereocenters. The molecule has 7 heteroatoms. The number of methoxy groups -OCH3 is 2. The van der Waals surface area contributed by atoms with Crippen LogP contribution in [0.1, 0.15) is 37.3 Å². The van der Waals surface area contributed by atoms with E-state index in [1.54, 1.807) is 14.2 Å². The van der Waals surface area contributed by atoms with Crippen molar-refractivity contribution in [2.24, 2.45) is 4.99 Å². The fraction of sp³-hybridized carbons (Fsp3) is 0.682. The van der Waals surface area contributed by atoms with Gasteiger partial charge >= 0.3 is 0 Å². The zero-order chi connectivity index (χ0) is 20.2. The predicted molar refractivity (Wildman–Crippen MR) is 130 cm³/mol. The molecule has 0 saturated carbocycles. The second kappa shape index (κ2) is 14.8. The minimum atomic E-state index is 0. The number of hydrogen-bond donors (Lipinski definition) is 1. The van der Waals surface area contributed by atoms with Gasteiger partial charge in [0.2, 0.25) is 0 Å². The Bertz CT molecular complexity index is 605. The largest absolute Gasteiger partial charge is 0.496 e. The number of nitrogens with zero attached hydrogens (tertiary/aromatic N) is 2. The van der Waals surface area contributed by atoms with Crippen molar-refractivity contribution in [1.82, 2.24) is 10.2 Å². The van der Waals surface area contributed by atoms with Crippen LogP contribution in [0.5, 0.6) is 5.75 Å². The highest BCUT2D eigenvalue weighted by atomic mass is 127. The standard InChI is InChI=1S/C22H37N3O3.HI/c1-5-23-22(24-12-9-19-8-7-18(2)21(17-19)27-4)25-13-10-20(11-14-25)28-16-6-15-26-3;/h7-8,17,20H,5-6,9-16H2,1-4H3,(H,23,24);1H. The lowest BCUT2D eigenvalue weighted by molar-refractivity contribution is 0.00991. The number of hydrogen-bond acceptors (Lipinski definition) is 4. The summed E-state index contributed by atoms with van der Waals surface area (Å²) in [7, 11) is 3.45. The first-order chi connectivity index (χ1) is 13.7. The summed E-state index contributed by atoms with van der Waals surface area (Å²) in [5.74, 6) is 1.96. The highest BCUT2D eigenvalue weighted by Gasteiger charge is 2.21. The molecule has 0 spiro atoms. The average Bonchev–Trinajstić information content (AvgIpc) is 2.72. The van der Waals surface area contributed by atoms with Crippen molar-refractivity contribution in [2.45, 2.75) is 45.6 Å². The van der Waals surface area contributed by atoms with Crippen LogP contribution in [-0.4, -0.2) is 70.6 Å². The van der Waals surface area contributed by atoms with E-state index >= 15 is 0 Å². The fourth-order valence-corrected chi connectivity index (χ4v) is 3.42. The van der Waals surface area contributed by atoms with E-state index in [0.717, 1.165) is 82.3 Å². The van der Waals surface area contributed by atoms with Crippen LogP contribution in [0.4, 0.5) is 0 Å². The Hall–Kier alpha value is -1.06. The maximum absolute atomic E-state index is 5.96. The quantitative estimate of drug-likeness (QED) is 0.222. The third kappa shape index (κ3) is 9.09. The van der Waals surface area contributed by atoms with Crippen LogP contribution < -0.4 is 10.1 Å². The van der Waals surface area contributed by atoms with Gasteiger partial charge in [-0.15, -0.1) is 24.0 Å². The van der Waals surface area contributed by atoms with Gasteiger partial charge in [-0.05, 0) is 56.7 Å². The van der Waals surface area contributed by atoms with Gasteiger partial charge in [-0.25, -0.2) is 0 Å². The van der Waals surface area contributed by atoms with Crippen LogP contribution in [0.15, 0.2) is 23.2 Å². The lowest BCUT2D eigenvalue weighted by Gasteiger charge is -2.34. The summed E-state index contributed by atoms with van der Waals surface area (Å²) in [6.07, 6.45) is 4.32. The maximum atomic E-state index is 5.96. The van der Waals surface area contributed by atoms with Crippen molar-refractivity contribution in [2.75, 3.05) is 53.6 Å². The van der Waals surface area contributed by atoms with Crippen LogP contribution in [0.2, 0.25) is 0 Å². The Kier molecular flexibility index (Phi) is 13.3. The monoisotopic (exact) mass is 519 g/mol. The molecule has 1 aliphatic heterocycles.